The molecule has 2 aromatic carbocycles. The van der Waals surface area contributed by atoms with Gasteiger partial charge in [0.2, 0.25) is 9.84 Å². The van der Waals surface area contributed by atoms with Crippen molar-refractivity contribution >= 4 is 21.4 Å². The van der Waals surface area contributed by atoms with Gasteiger partial charge in [0.05, 0.1) is 15.5 Å². The van der Waals surface area contributed by atoms with E-state index in [1.54, 1.807) is 38.1 Å². The van der Waals surface area contributed by atoms with Gasteiger partial charge in [0, 0.05) is 0 Å². The van der Waals surface area contributed by atoms with Crippen LogP contribution in [0, 0.1) is 0 Å². The number of hydrogen-bond acceptors (Lipinski definition) is 4. The summed E-state index contributed by atoms with van der Waals surface area (Å²) < 4.78 is 30.7. The van der Waals surface area contributed by atoms with E-state index in [0.29, 0.717) is 11.4 Å². The fourth-order valence-electron chi connectivity index (χ4n) is 2.19. The van der Waals surface area contributed by atoms with Gasteiger partial charge in [-0.3, -0.25) is 4.79 Å². The van der Waals surface area contributed by atoms with Gasteiger partial charge in [-0.25, -0.2) is 8.42 Å². The molecular formula is C16H15NO4S. The average molecular weight is 317 g/mol. The Bertz CT molecular complexity index is 842. The molecule has 0 unspecified atom stereocenters. The third-order valence-corrected chi connectivity index (χ3v) is 5.24. The highest BCUT2D eigenvalue weighted by atomic mass is 32.2. The average Bonchev–Trinajstić information content (AvgIpc) is 2.48. The molecule has 1 N–H and O–H groups in total. The molecule has 0 radical (unpaired) electrons. The second kappa shape index (κ2) is 4.84. The number of hydrogen-bond donors (Lipinski definition) is 1. The van der Waals surface area contributed by atoms with Crippen LogP contribution in [0.5, 0.6) is 5.75 Å². The van der Waals surface area contributed by atoms with Crippen molar-refractivity contribution in [3.8, 4) is 5.75 Å². The van der Waals surface area contributed by atoms with Crippen molar-refractivity contribution in [2.24, 2.45) is 0 Å². The van der Waals surface area contributed by atoms with Crippen LogP contribution in [0.25, 0.3) is 0 Å². The molecule has 0 aliphatic carbocycles. The molecule has 5 nitrogen and oxygen atoms in total. The first-order valence-corrected chi connectivity index (χ1v) is 8.24. The second-order valence-corrected chi connectivity index (χ2v) is 7.49. The van der Waals surface area contributed by atoms with E-state index >= 15 is 0 Å². The molecular weight excluding hydrogens is 302 g/mol. The Morgan fingerprint density at radius 3 is 2.36 bits per heavy atom. The summed E-state index contributed by atoms with van der Waals surface area (Å²) in [5, 5.41) is 2.69. The number of sulfone groups is 1. The second-order valence-electron chi connectivity index (χ2n) is 5.54. The Labute approximate surface area is 128 Å². The topological polar surface area (TPSA) is 72.5 Å². The maximum absolute atomic E-state index is 12.6. The normalized spacial score (nSPS) is 16.4. The lowest BCUT2D eigenvalue weighted by Crippen LogP contribution is -2.45. The molecule has 114 valence electrons. The van der Waals surface area contributed by atoms with Crippen LogP contribution < -0.4 is 10.1 Å². The summed E-state index contributed by atoms with van der Waals surface area (Å²) in [7, 11) is -3.63. The van der Waals surface area contributed by atoms with E-state index in [2.05, 4.69) is 5.32 Å². The van der Waals surface area contributed by atoms with Crippen molar-refractivity contribution in [3.05, 3.63) is 48.5 Å². The lowest BCUT2D eigenvalue weighted by Gasteiger charge is -2.31. The van der Waals surface area contributed by atoms with Crippen LogP contribution in [0.4, 0.5) is 5.69 Å². The van der Waals surface area contributed by atoms with Crippen LogP contribution in [0.3, 0.4) is 0 Å². The Balaban J connectivity index is 2.06. The summed E-state index contributed by atoms with van der Waals surface area (Å²) in [6, 6.07) is 12.6. The van der Waals surface area contributed by atoms with E-state index in [-0.39, 0.29) is 15.7 Å². The van der Waals surface area contributed by atoms with Crippen LogP contribution in [-0.4, -0.2) is 19.9 Å². The zero-order valence-electron chi connectivity index (χ0n) is 12.2. The third kappa shape index (κ3) is 2.35. The van der Waals surface area contributed by atoms with Gasteiger partial charge in [0.25, 0.3) is 5.91 Å². The number of rotatable bonds is 2. The maximum atomic E-state index is 12.6. The van der Waals surface area contributed by atoms with Gasteiger partial charge >= 0.3 is 0 Å². The van der Waals surface area contributed by atoms with Crippen molar-refractivity contribution in [3.63, 3.8) is 0 Å². The molecule has 0 aromatic heterocycles. The highest BCUT2D eigenvalue weighted by Crippen LogP contribution is 2.36. The minimum Gasteiger partial charge on any atom is -0.476 e. The number of nitrogens with one attached hydrogen (secondary N) is 1. The van der Waals surface area contributed by atoms with Crippen LogP contribution in [0.2, 0.25) is 0 Å². The number of ether oxygens (including phenoxy) is 1. The van der Waals surface area contributed by atoms with E-state index in [4.69, 9.17) is 4.74 Å². The maximum Gasteiger partial charge on any atom is 0.268 e. The van der Waals surface area contributed by atoms with Gasteiger partial charge in [-0.15, -0.1) is 0 Å². The van der Waals surface area contributed by atoms with Crippen molar-refractivity contribution in [2.45, 2.75) is 29.2 Å². The summed E-state index contributed by atoms with van der Waals surface area (Å²) in [5.41, 5.74) is -0.617. The monoisotopic (exact) mass is 317 g/mol. The molecule has 6 heteroatoms. The molecule has 22 heavy (non-hydrogen) atoms. The van der Waals surface area contributed by atoms with Crippen molar-refractivity contribution in [2.75, 3.05) is 5.32 Å². The number of anilines is 1. The predicted molar refractivity (Wildman–Crippen MR) is 81.7 cm³/mol. The SMILES string of the molecule is CC1(C)Oc2ccc(S(=O)(=O)c3ccccc3)cc2NC1=O. The molecule has 0 saturated carbocycles. The van der Waals surface area contributed by atoms with E-state index < -0.39 is 15.4 Å². The smallest absolute Gasteiger partial charge is 0.268 e. The number of fused-ring (bicyclic) bond motifs is 1. The van der Waals surface area contributed by atoms with Gasteiger partial charge in [-0.1, -0.05) is 18.2 Å². The molecule has 0 spiro atoms. The first-order valence-electron chi connectivity index (χ1n) is 6.75. The molecule has 0 bridgehead atoms. The minimum atomic E-state index is -3.63. The van der Waals surface area contributed by atoms with E-state index in [1.165, 1.54) is 24.3 Å². The Morgan fingerprint density at radius 1 is 1.00 bits per heavy atom. The Morgan fingerprint density at radius 2 is 1.68 bits per heavy atom. The van der Waals surface area contributed by atoms with Crippen LogP contribution in [0.1, 0.15) is 13.8 Å². The molecule has 0 saturated heterocycles. The van der Waals surface area contributed by atoms with E-state index in [0.717, 1.165) is 0 Å². The number of carbonyl (C=O) groups excluding carboxylic acids is 1. The van der Waals surface area contributed by atoms with Gasteiger partial charge in [-0.2, -0.15) is 0 Å². The number of carbonyl (C=O) groups is 1. The quantitative estimate of drug-likeness (QED) is 0.924. The highest BCUT2D eigenvalue weighted by Gasteiger charge is 2.35. The predicted octanol–water partition coefficient (Wildman–Crippen LogP) is 2.63. The molecule has 3 rings (SSSR count). The van der Waals surface area contributed by atoms with Crippen LogP contribution >= 0.6 is 0 Å². The lowest BCUT2D eigenvalue weighted by atomic mass is 10.1. The lowest BCUT2D eigenvalue weighted by molar-refractivity contribution is -0.129. The van der Waals surface area contributed by atoms with Crippen LogP contribution in [0.15, 0.2) is 58.3 Å². The van der Waals surface area contributed by atoms with Crippen molar-refractivity contribution < 1.29 is 17.9 Å². The zero-order valence-corrected chi connectivity index (χ0v) is 13.0. The molecule has 1 aliphatic rings. The largest absolute Gasteiger partial charge is 0.476 e. The molecule has 0 fully saturated rings. The molecule has 1 heterocycles. The van der Waals surface area contributed by atoms with Gasteiger partial charge in [0.15, 0.2) is 5.60 Å². The van der Waals surface area contributed by atoms with E-state index in [1.807, 2.05) is 0 Å². The number of amides is 1. The fraction of sp³-hybridized carbons (Fsp3) is 0.188. The van der Waals surface area contributed by atoms with Gasteiger partial charge in [-0.05, 0) is 44.2 Å². The first kappa shape index (κ1) is 14.6. The van der Waals surface area contributed by atoms with Gasteiger partial charge in [0.1, 0.15) is 5.75 Å². The minimum absolute atomic E-state index is 0.112. The summed E-state index contributed by atoms with van der Waals surface area (Å²) >= 11 is 0. The molecule has 1 aliphatic heterocycles. The summed E-state index contributed by atoms with van der Waals surface area (Å²) in [6.07, 6.45) is 0. The standard InChI is InChI=1S/C16H15NO4S/c1-16(2)15(18)17-13-10-12(8-9-14(13)21-16)22(19,20)11-6-4-3-5-7-11/h3-10H,1-2H3,(H,17,18). The summed E-state index contributed by atoms with van der Waals surface area (Å²) in [6.45, 7) is 3.31. The highest BCUT2D eigenvalue weighted by molar-refractivity contribution is 7.91. The summed E-state index contributed by atoms with van der Waals surface area (Å²) in [4.78, 5) is 12.2. The number of benzene rings is 2. The van der Waals surface area contributed by atoms with Crippen LogP contribution in [-0.2, 0) is 14.6 Å². The molecule has 1 amide bonds. The molecule has 2 aromatic rings. The van der Waals surface area contributed by atoms with E-state index in [9.17, 15) is 13.2 Å². The Kier molecular flexibility index (Phi) is 3.21. The van der Waals surface area contributed by atoms with Crippen molar-refractivity contribution in [1.82, 2.24) is 0 Å². The first-order chi connectivity index (χ1) is 10.3. The van der Waals surface area contributed by atoms with Crippen molar-refractivity contribution in [1.29, 1.82) is 0 Å². The van der Waals surface area contributed by atoms with Gasteiger partial charge < -0.3 is 10.1 Å². The molecule has 0 atom stereocenters. The third-order valence-electron chi connectivity index (χ3n) is 3.47. The Hall–Kier alpha value is -2.34. The zero-order chi connectivity index (χ0) is 16.0. The fourth-order valence-corrected chi connectivity index (χ4v) is 3.50. The summed E-state index contributed by atoms with van der Waals surface area (Å²) in [5.74, 6) is 0.144.